The number of hydrogen-bond acceptors (Lipinski definition) is 1. The lowest BCUT2D eigenvalue weighted by molar-refractivity contribution is 0.669. The summed E-state index contributed by atoms with van der Waals surface area (Å²) in [5.74, 6) is 0. The van der Waals surface area contributed by atoms with Gasteiger partial charge >= 0.3 is 0 Å². The number of benzene rings is 9. The molecule has 0 aliphatic rings. The molecule has 1 nitrogen and oxygen atoms in total. The summed E-state index contributed by atoms with van der Waals surface area (Å²) in [5, 5.41) is -5.22. The summed E-state index contributed by atoms with van der Waals surface area (Å²) in [4.78, 5) is 0. The lowest BCUT2D eigenvalue weighted by Gasteiger charge is -2.18. The van der Waals surface area contributed by atoms with Crippen LogP contribution in [0.5, 0.6) is 0 Å². The number of hydrogen-bond donors (Lipinski definition) is 0. The van der Waals surface area contributed by atoms with Gasteiger partial charge in [-0.3, -0.25) is 0 Å². The molecule has 0 saturated heterocycles. The first kappa shape index (κ1) is 11.1. The molecule has 0 N–H and O–H groups in total. The van der Waals surface area contributed by atoms with Crippen molar-refractivity contribution in [1.29, 1.82) is 0 Å². The molecule has 0 atom stereocenters. The van der Waals surface area contributed by atoms with Crippen LogP contribution in [0.2, 0.25) is 0 Å². The van der Waals surface area contributed by atoms with Gasteiger partial charge in [0.25, 0.3) is 0 Å². The van der Waals surface area contributed by atoms with Crippen molar-refractivity contribution in [3.05, 3.63) is 181 Å². The van der Waals surface area contributed by atoms with Crippen LogP contribution in [0, 0.1) is 0 Å². The van der Waals surface area contributed by atoms with Gasteiger partial charge in [-0.2, -0.15) is 0 Å². The Labute approximate surface area is 326 Å². The van der Waals surface area contributed by atoms with E-state index in [1.807, 2.05) is 0 Å². The third-order valence-corrected chi connectivity index (χ3v) is 7.82. The van der Waals surface area contributed by atoms with Gasteiger partial charge in [-0.1, -0.05) is 157 Å². The molecule has 9 aromatic carbocycles. The van der Waals surface area contributed by atoms with Gasteiger partial charge < -0.3 is 4.42 Å². The highest BCUT2D eigenvalue weighted by atomic mass is 16.3. The maximum absolute atomic E-state index is 9.64. The Kier molecular flexibility index (Phi) is 2.50. The molecule has 1 heteroatoms. The summed E-state index contributed by atoms with van der Waals surface area (Å²) in [6.45, 7) is 0. The molecule has 0 bridgehead atoms. The Morgan fingerprint density at radius 2 is 0.837 bits per heavy atom. The standard InChI is InChI=1S/C48H30O/c1-2-12-34-30-37(28-25-31(34)11-1)36-14-9-13-35(29-36)32-23-26-33(27-24-32)46-38-15-3-5-17-40(38)47(41-18-6-4-16-39(41)46)43-20-10-22-45-48(43)42-19-7-8-21-44(42)49-45/h1-30H/i1D,2D,3D,4D,5D,6D,7D,8D,9D,10D,11D,12D,13D,14D,15D,16D,17D,18D,19D,20D,21D,22D,23D,24D,25D,26D,27D,28D,29D,30D. The largest absolute Gasteiger partial charge is 0.456 e. The van der Waals surface area contributed by atoms with Crippen molar-refractivity contribution >= 4 is 54.3 Å². The fraction of sp³-hybridized carbons (Fsp3) is 0. The fourth-order valence-electron chi connectivity index (χ4n) is 5.73. The quantitative estimate of drug-likeness (QED) is 0.172. The normalized spacial score (nSPS) is 20.2. The second kappa shape index (κ2) is 11.1. The molecule has 0 spiro atoms. The summed E-state index contributed by atoms with van der Waals surface area (Å²) in [6.07, 6.45) is 0. The van der Waals surface area contributed by atoms with Crippen LogP contribution in [0.25, 0.3) is 98.8 Å². The Bertz CT molecular complexity index is 4490. The van der Waals surface area contributed by atoms with Crippen LogP contribution in [0.1, 0.15) is 41.1 Å². The van der Waals surface area contributed by atoms with E-state index in [4.69, 9.17) is 31.8 Å². The van der Waals surface area contributed by atoms with Crippen molar-refractivity contribution < 1.29 is 45.5 Å². The van der Waals surface area contributed by atoms with Gasteiger partial charge in [0.15, 0.2) is 0 Å². The van der Waals surface area contributed by atoms with Crippen LogP contribution in [0.15, 0.2) is 186 Å². The molecule has 10 aromatic rings. The average Bonchev–Trinajstić information content (AvgIpc) is 4.06. The second-order valence-corrected chi connectivity index (χ2v) is 10.5. The summed E-state index contributed by atoms with van der Waals surface area (Å²) >= 11 is 0. The minimum Gasteiger partial charge on any atom is -0.456 e. The first-order valence-electron chi connectivity index (χ1n) is 29.4. The lowest BCUT2D eigenvalue weighted by Crippen LogP contribution is -1.91. The zero-order valence-electron chi connectivity index (χ0n) is 54.4. The van der Waals surface area contributed by atoms with Gasteiger partial charge in [0, 0.05) is 10.8 Å². The van der Waals surface area contributed by atoms with E-state index in [0.29, 0.717) is 0 Å². The van der Waals surface area contributed by atoms with Crippen LogP contribution in [-0.4, -0.2) is 0 Å². The maximum Gasteiger partial charge on any atom is 0.136 e. The SMILES string of the molecule is [2H]c1c([2H])c(-c2c([2H])c([2H])c(-c3c4c([2H])c([2H])c([2H])c([2H])c4c(-c4c([2H])c([2H])c([2H])c5oc6c([2H])c([2H])c([2H])c([2H])c6c45)c4c([2H])c([2H])c([2H])c([2H])c34)c([2H])c2[2H])c([2H])c(-c2c([2H])c([2H])c3c([2H])c([2H])c([2H])c([2H])c3c2[2H])c1[2H]. The van der Waals surface area contributed by atoms with Crippen molar-refractivity contribution in [2.45, 2.75) is 0 Å². The number of rotatable bonds is 4. The van der Waals surface area contributed by atoms with Crippen LogP contribution < -0.4 is 0 Å². The lowest BCUT2D eigenvalue weighted by atomic mass is 9.84. The molecule has 0 amide bonds. The summed E-state index contributed by atoms with van der Waals surface area (Å²) in [7, 11) is 0. The first-order chi connectivity index (χ1) is 36.8. The van der Waals surface area contributed by atoms with E-state index < -0.39 is 280 Å². The molecule has 49 heavy (non-hydrogen) atoms. The third kappa shape index (κ3) is 4.47. The molecule has 10 rings (SSSR count). The van der Waals surface area contributed by atoms with Gasteiger partial charge in [0.05, 0.1) is 41.1 Å². The van der Waals surface area contributed by atoms with E-state index in [2.05, 4.69) is 0 Å². The molecule has 0 fully saturated rings. The van der Waals surface area contributed by atoms with Gasteiger partial charge in [0.1, 0.15) is 11.2 Å². The Morgan fingerprint density at radius 3 is 1.57 bits per heavy atom. The van der Waals surface area contributed by atoms with Crippen molar-refractivity contribution in [2.24, 2.45) is 0 Å². The van der Waals surface area contributed by atoms with Crippen LogP contribution in [0.4, 0.5) is 0 Å². The maximum atomic E-state index is 9.64. The monoisotopic (exact) mass is 652 g/mol. The molecule has 0 aliphatic heterocycles. The third-order valence-electron chi connectivity index (χ3n) is 7.82. The zero-order valence-corrected chi connectivity index (χ0v) is 24.4. The second-order valence-electron chi connectivity index (χ2n) is 10.5. The predicted molar refractivity (Wildman–Crippen MR) is 208 cm³/mol. The summed E-state index contributed by atoms with van der Waals surface area (Å²) in [5.41, 5.74) is -7.83. The van der Waals surface area contributed by atoms with Crippen LogP contribution in [-0.2, 0) is 0 Å². The first-order valence-corrected chi connectivity index (χ1v) is 14.4. The summed E-state index contributed by atoms with van der Waals surface area (Å²) in [6, 6.07) is -29.0. The molecule has 1 aromatic heterocycles. The van der Waals surface area contributed by atoms with E-state index >= 15 is 0 Å². The van der Waals surface area contributed by atoms with Crippen LogP contribution in [0.3, 0.4) is 0 Å². The highest BCUT2D eigenvalue weighted by Crippen LogP contribution is 2.47. The van der Waals surface area contributed by atoms with Gasteiger partial charge in [-0.15, -0.1) is 0 Å². The minimum atomic E-state index is -1.17. The van der Waals surface area contributed by atoms with Gasteiger partial charge in [-0.05, 0) is 101 Å². The number of fused-ring (bicyclic) bond motifs is 6. The number of furan rings is 1. The van der Waals surface area contributed by atoms with E-state index in [9.17, 15) is 13.7 Å². The smallest absolute Gasteiger partial charge is 0.136 e. The Morgan fingerprint density at radius 1 is 0.327 bits per heavy atom. The molecule has 0 aliphatic carbocycles. The predicted octanol–water partition coefficient (Wildman–Crippen LogP) is 13.7. The van der Waals surface area contributed by atoms with Crippen molar-refractivity contribution in [3.63, 3.8) is 0 Å². The molecular weight excluding hydrogens is 593 g/mol. The average molecular weight is 653 g/mol. The minimum absolute atomic E-state index is 0.494. The van der Waals surface area contributed by atoms with Crippen LogP contribution >= 0.6 is 0 Å². The van der Waals surface area contributed by atoms with Gasteiger partial charge in [-0.25, -0.2) is 0 Å². The number of para-hydroxylation sites is 1. The van der Waals surface area contributed by atoms with E-state index in [-0.39, 0.29) is 0 Å². The van der Waals surface area contributed by atoms with E-state index in [1.165, 1.54) is 0 Å². The zero-order chi connectivity index (χ0) is 58.4. The molecular formula is C48H30O. The summed E-state index contributed by atoms with van der Waals surface area (Å²) < 4.78 is 276. The van der Waals surface area contributed by atoms with E-state index in [1.54, 1.807) is 0 Å². The topological polar surface area (TPSA) is 13.1 Å². The fourth-order valence-corrected chi connectivity index (χ4v) is 5.73. The van der Waals surface area contributed by atoms with Gasteiger partial charge in [0.2, 0.25) is 0 Å². The highest BCUT2D eigenvalue weighted by Gasteiger charge is 2.20. The molecule has 1 heterocycles. The van der Waals surface area contributed by atoms with E-state index in [0.717, 1.165) is 0 Å². The Balaban J connectivity index is 1.41. The van der Waals surface area contributed by atoms with Crippen molar-refractivity contribution in [1.82, 2.24) is 0 Å². The van der Waals surface area contributed by atoms with Crippen molar-refractivity contribution in [3.8, 4) is 44.5 Å². The highest BCUT2D eigenvalue weighted by molar-refractivity contribution is 6.25. The molecule has 228 valence electrons. The molecule has 0 saturated carbocycles. The van der Waals surface area contributed by atoms with Crippen molar-refractivity contribution in [2.75, 3.05) is 0 Å². The Hall–Kier alpha value is -6.44. The molecule has 0 radical (unpaired) electrons. The molecule has 0 unspecified atom stereocenters.